The Labute approximate surface area is 133 Å². The summed E-state index contributed by atoms with van der Waals surface area (Å²) in [5.74, 6) is -2.40. The van der Waals surface area contributed by atoms with Gasteiger partial charge in [-0.25, -0.2) is 0 Å². The molecule has 2 atom stereocenters. The molecule has 0 amide bonds. The number of thioether (sulfide) groups is 1. The first-order chi connectivity index (χ1) is 9.94. The lowest BCUT2D eigenvalue weighted by Gasteiger charge is -2.36. The van der Waals surface area contributed by atoms with Crippen molar-refractivity contribution >= 4 is 34.8 Å². The molecule has 0 saturated carbocycles. The van der Waals surface area contributed by atoms with E-state index in [1.807, 2.05) is 13.8 Å². The summed E-state index contributed by atoms with van der Waals surface area (Å²) >= 11 is 5.93. The molecule has 1 aliphatic heterocycles. The molecule has 0 aliphatic carbocycles. The van der Waals surface area contributed by atoms with Crippen LogP contribution in [0.15, 0.2) is 29.2 Å². The number of benzene rings is 1. The fourth-order valence-corrected chi connectivity index (χ4v) is 3.03. The fraction of sp³-hybridized carbons (Fsp3) is 0.500. The van der Waals surface area contributed by atoms with Gasteiger partial charge in [0.15, 0.2) is 5.11 Å². The molecule has 3 nitrogen and oxygen atoms in total. The van der Waals surface area contributed by atoms with E-state index in [0.717, 1.165) is 18.8 Å². The molecule has 0 unspecified atom stereocenters. The van der Waals surface area contributed by atoms with Crippen LogP contribution >= 0.6 is 24.0 Å². The van der Waals surface area contributed by atoms with Crippen molar-refractivity contribution in [3.63, 3.8) is 0 Å². The lowest BCUT2D eigenvalue weighted by Crippen LogP contribution is -2.49. The first kappa shape index (κ1) is 16.5. The van der Waals surface area contributed by atoms with Gasteiger partial charge in [-0.3, -0.25) is 0 Å². The Morgan fingerprint density at radius 2 is 1.86 bits per heavy atom. The standard InChI is InChI=1S/C14H18F2N2OS2/c1-9-7-18(8-10(2)19-9)14(20)17-11-3-5-12(6-4-11)21-13(15)16/h3-6,9-10,13H,7-8H2,1-2H3,(H,17,20)/t9-,10+. The van der Waals surface area contributed by atoms with Crippen LogP contribution in [0.3, 0.4) is 0 Å². The summed E-state index contributed by atoms with van der Waals surface area (Å²) in [5.41, 5.74) is 0.797. The fourth-order valence-electron chi connectivity index (χ4n) is 2.27. The molecule has 7 heteroatoms. The molecule has 1 aromatic carbocycles. The molecule has 0 bridgehead atoms. The summed E-state index contributed by atoms with van der Waals surface area (Å²) in [4.78, 5) is 2.60. The number of nitrogens with zero attached hydrogens (tertiary/aromatic N) is 1. The maximum atomic E-state index is 12.3. The molecule has 116 valence electrons. The lowest BCUT2D eigenvalue weighted by molar-refractivity contribution is -0.0473. The number of hydrogen-bond donors (Lipinski definition) is 1. The van der Waals surface area contributed by atoms with Gasteiger partial charge in [-0.2, -0.15) is 8.78 Å². The highest BCUT2D eigenvalue weighted by Crippen LogP contribution is 2.26. The highest BCUT2D eigenvalue weighted by molar-refractivity contribution is 7.99. The van der Waals surface area contributed by atoms with Crippen LogP contribution in [0, 0.1) is 0 Å². The van der Waals surface area contributed by atoms with Crippen LogP contribution in [0.5, 0.6) is 0 Å². The smallest absolute Gasteiger partial charge is 0.288 e. The van der Waals surface area contributed by atoms with Crippen LogP contribution in [0.2, 0.25) is 0 Å². The number of alkyl halides is 2. The maximum absolute atomic E-state index is 12.3. The Balaban J connectivity index is 1.93. The van der Waals surface area contributed by atoms with E-state index in [1.165, 1.54) is 0 Å². The predicted octanol–water partition coefficient (Wildman–Crippen LogP) is 3.81. The van der Waals surface area contributed by atoms with Crippen LogP contribution in [-0.2, 0) is 4.74 Å². The van der Waals surface area contributed by atoms with E-state index in [1.54, 1.807) is 24.3 Å². The first-order valence-corrected chi connectivity index (χ1v) is 7.99. The molecular formula is C14H18F2N2OS2. The summed E-state index contributed by atoms with van der Waals surface area (Å²) in [7, 11) is 0. The first-order valence-electron chi connectivity index (χ1n) is 6.70. The van der Waals surface area contributed by atoms with Crippen LogP contribution < -0.4 is 5.32 Å². The molecule has 1 N–H and O–H groups in total. The molecule has 2 rings (SSSR count). The van der Waals surface area contributed by atoms with E-state index >= 15 is 0 Å². The van der Waals surface area contributed by atoms with Gasteiger partial charge in [-0.15, -0.1) is 0 Å². The Hall–Kier alpha value is -0.920. The van der Waals surface area contributed by atoms with E-state index < -0.39 is 5.76 Å². The van der Waals surface area contributed by atoms with Crippen molar-refractivity contribution in [2.45, 2.75) is 36.7 Å². The average Bonchev–Trinajstić information content (AvgIpc) is 2.39. The van der Waals surface area contributed by atoms with Crippen LogP contribution in [0.25, 0.3) is 0 Å². The van der Waals surface area contributed by atoms with Crippen molar-refractivity contribution in [2.75, 3.05) is 18.4 Å². The van der Waals surface area contributed by atoms with Crippen LogP contribution in [0.4, 0.5) is 14.5 Å². The normalized spacial score (nSPS) is 22.4. The lowest BCUT2D eigenvalue weighted by atomic mass is 10.2. The molecule has 0 spiro atoms. The van der Waals surface area contributed by atoms with Gasteiger partial charge in [0.25, 0.3) is 5.76 Å². The summed E-state index contributed by atoms with van der Waals surface area (Å²) in [6, 6.07) is 6.83. The minimum atomic E-state index is -2.40. The van der Waals surface area contributed by atoms with Crippen molar-refractivity contribution in [3.8, 4) is 0 Å². The van der Waals surface area contributed by atoms with E-state index in [2.05, 4.69) is 10.2 Å². The molecule has 21 heavy (non-hydrogen) atoms. The largest absolute Gasteiger partial charge is 0.372 e. The number of nitrogens with one attached hydrogen (secondary N) is 1. The summed E-state index contributed by atoms with van der Waals surface area (Å²) in [6.45, 7) is 5.52. The maximum Gasteiger partial charge on any atom is 0.288 e. The zero-order valence-corrected chi connectivity index (χ0v) is 13.5. The second-order valence-corrected chi connectivity index (χ2v) is 6.45. The third-order valence-corrected chi connectivity index (χ3v) is 4.12. The number of thiocarbonyl (C=S) groups is 1. The minimum absolute atomic E-state index is 0.137. The highest BCUT2D eigenvalue weighted by atomic mass is 32.2. The Morgan fingerprint density at radius 1 is 1.29 bits per heavy atom. The van der Waals surface area contributed by atoms with Crippen molar-refractivity contribution in [1.82, 2.24) is 4.90 Å². The van der Waals surface area contributed by atoms with Gasteiger partial charge in [0.05, 0.1) is 12.2 Å². The quantitative estimate of drug-likeness (QED) is 0.670. The van der Waals surface area contributed by atoms with E-state index in [4.69, 9.17) is 17.0 Å². The van der Waals surface area contributed by atoms with Crippen LogP contribution in [0.1, 0.15) is 13.8 Å². The highest BCUT2D eigenvalue weighted by Gasteiger charge is 2.23. The average molecular weight is 332 g/mol. The summed E-state index contributed by atoms with van der Waals surface area (Å²) in [5, 5.41) is 3.77. The molecule has 1 aliphatic rings. The molecule has 1 fully saturated rings. The molecule has 0 aromatic heterocycles. The van der Waals surface area contributed by atoms with E-state index in [-0.39, 0.29) is 12.2 Å². The third kappa shape index (κ3) is 5.09. The Morgan fingerprint density at radius 3 is 2.38 bits per heavy atom. The van der Waals surface area contributed by atoms with Gasteiger partial charge < -0.3 is 15.0 Å². The Bertz CT molecular complexity index is 474. The molecule has 1 aromatic rings. The topological polar surface area (TPSA) is 24.5 Å². The molecule has 0 radical (unpaired) electrons. The number of ether oxygens (including phenoxy) is 1. The van der Waals surface area contributed by atoms with Gasteiger partial charge in [-0.05, 0) is 50.3 Å². The number of anilines is 1. The van der Waals surface area contributed by atoms with Gasteiger partial charge >= 0.3 is 0 Å². The number of halogens is 2. The minimum Gasteiger partial charge on any atom is -0.372 e. The van der Waals surface area contributed by atoms with Gasteiger partial charge in [0.1, 0.15) is 0 Å². The van der Waals surface area contributed by atoms with Crippen molar-refractivity contribution in [2.24, 2.45) is 0 Å². The monoisotopic (exact) mass is 332 g/mol. The SMILES string of the molecule is C[C@@H]1CN(C(=S)Nc2ccc(SC(F)F)cc2)C[C@H](C)O1. The predicted molar refractivity (Wildman–Crippen MR) is 86.1 cm³/mol. The van der Waals surface area contributed by atoms with E-state index in [0.29, 0.717) is 21.8 Å². The van der Waals surface area contributed by atoms with Crippen molar-refractivity contribution in [1.29, 1.82) is 0 Å². The zero-order chi connectivity index (χ0) is 15.4. The van der Waals surface area contributed by atoms with Crippen molar-refractivity contribution < 1.29 is 13.5 Å². The number of hydrogen-bond acceptors (Lipinski definition) is 3. The molecule has 1 saturated heterocycles. The van der Waals surface area contributed by atoms with Gasteiger partial charge in [0, 0.05) is 23.7 Å². The molecular weight excluding hydrogens is 314 g/mol. The number of morpholine rings is 1. The zero-order valence-electron chi connectivity index (χ0n) is 11.9. The summed E-state index contributed by atoms with van der Waals surface area (Å²) < 4.78 is 30.2. The third-order valence-electron chi connectivity index (χ3n) is 3.04. The second-order valence-electron chi connectivity index (χ2n) is 5.00. The Kier molecular flexibility index (Phi) is 5.78. The van der Waals surface area contributed by atoms with Gasteiger partial charge in [-0.1, -0.05) is 11.8 Å². The van der Waals surface area contributed by atoms with Crippen LogP contribution in [-0.4, -0.2) is 41.1 Å². The summed E-state index contributed by atoms with van der Waals surface area (Å²) in [6.07, 6.45) is 0.275. The van der Waals surface area contributed by atoms with Gasteiger partial charge in [0.2, 0.25) is 0 Å². The van der Waals surface area contributed by atoms with Crippen molar-refractivity contribution in [3.05, 3.63) is 24.3 Å². The molecule has 1 heterocycles. The number of rotatable bonds is 3. The second kappa shape index (κ2) is 7.38. The van der Waals surface area contributed by atoms with E-state index in [9.17, 15) is 8.78 Å².